The van der Waals surface area contributed by atoms with E-state index >= 15 is 0 Å². The molecule has 1 aromatic carbocycles. The molecule has 0 amide bonds. The Morgan fingerprint density at radius 2 is 2.07 bits per heavy atom. The SMILES string of the molecule is COC(=O)c1ccc(NCC(N)=S)cc1. The second-order valence-corrected chi connectivity index (χ2v) is 3.41. The van der Waals surface area contributed by atoms with Gasteiger partial charge in [-0.05, 0) is 24.3 Å². The van der Waals surface area contributed by atoms with Crippen LogP contribution in [0.2, 0.25) is 0 Å². The third-order valence-electron chi connectivity index (χ3n) is 1.77. The van der Waals surface area contributed by atoms with Crippen LogP contribution in [0.4, 0.5) is 5.69 Å². The summed E-state index contributed by atoms with van der Waals surface area (Å²) in [6.45, 7) is 0.437. The second kappa shape index (κ2) is 5.31. The zero-order valence-corrected chi connectivity index (χ0v) is 9.14. The number of rotatable bonds is 4. The molecule has 0 aliphatic heterocycles. The highest BCUT2D eigenvalue weighted by molar-refractivity contribution is 7.80. The van der Waals surface area contributed by atoms with Gasteiger partial charge in [0.1, 0.15) is 0 Å². The molecule has 0 saturated heterocycles. The van der Waals surface area contributed by atoms with Crippen molar-refractivity contribution in [1.29, 1.82) is 0 Å². The molecule has 0 heterocycles. The Bertz CT molecular complexity index is 362. The summed E-state index contributed by atoms with van der Waals surface area (Å²) in [6.07, 6.45) is 0. The van der Waals surface area contributed by atoms with E-state index in [4.69, 9.17) is 18.0 Å². The number of anilines is 1. The van der Waals surface area contributed by atoms with Gasteiger partial charge in [-0.3, -0.25) is 0 Å². The molecule has 0 unspecified atom stereocenters. The number of ether oxygens (including phenoxy) is 1. The minimum Gasteiger partial charge on any atom is -0.465 e. The molecule has 0 radical (unpaired) electrons. The van der Waals surface area contributed by atoms with Crippen molar-refractivity contribution in [2.45, 2.75) is 0 Å². The van der Waals surface area contributed by atoms with Crippen LogP contribution in [-0.4, -0.2) is 24.6 Å². The molecule has 5 heteroatoms. The van der Waals surface area contributed by atoms with Gasteiger partial charge >= 0.3 is 5.97 Å². The molecule has 80 valence electrons. The highest BCUT2D eigenvalue weighted by atomic mass is 32.1. The van der Waals surface area contributed by atoms with Crippen molar-refractivity contribution < 1.29 is 9.53 Å². The number of nitrogens with one attached hydrogen (secondary N) is 1. The van der Waals surface area contributed by atoms with Gasteiger partial charge in [0.2, 0.25) is 0 Å². The van der Waals surface area contributed by atoms with Crippen LogP contribution in [0, 0.1) is 0 Å². The van der Waals surface area contributed by atoms with E-state index in [1.54, 1.807) is 24.3 Å². The third kappa shape index (κ3) is 3.55. The van der Waals surface area contributed by atoms with E-state index in [1.165, 1.54) is 7.11 Å². The molecule has 0 aliphatic carbocycles. The molecule has 1 aromatic rings. The predicted octanol–water partition coefficient (Wildman–Crippen LogP) is 1.17. The number of methoxy groups -OCH3 is 1. The van der Waals surface area contributed by atoms with E-state index < -0.39 is 0 Å². The molecule has 1 rings (SSSR count). The minimum absolute atomic E-state index is 0.351. The van der Waals surface area contributed by atoms with Gasteiger partial charge in [-0.1, -0.05) is 12.2 Å². The lowest BCUT2D eigenvalue weighted by Crippen LogP contribution is -2.19. The van der Waals surface area contributed by atoms with Gasteiger partial charge < -0.3 is 15.8 Å². The number of nitrogens with two attached hydrogens (primary N) is 1. The smallest absolute Gasteiger partial charge is 0.337 e. The predicted molar refractivity (Wildman–Crippen MR) is 63.1 cm³/mol. The molecular weight excluding hydrogens is 212 g/mol. The van der Waals surface area contributed by atoms with Crippen LogP contribution in [0.3, 0.4) is 0 Å². The molecule has 0 saturated carbocycles. The van der Waals surface area contributed by atoms with Gasteiger partial charge in [0.25, 0.3) is 0 Å². The maximum Gasteiger partial charge on any atom is 0.337 e. The number of thiocarbonyl (C=S) groups is 1. The number of carbonyl (C=O) groups excluding carboxylic acids is 1. The Morgan fingerprint density at radius 3 is 2.53 bits per heavy atom. The molecule has 0 aromatic heterocycles. The number of carbonyl (C=O) groups is 1. The van der Waals surface area contributed by atoms with Gasteiger partial charge in [-0.25, -0.2) is 4.79 Å². The number of hydrogen-bond donors (Lipinski definition) is 2. The lowest BCUT2D eigenvalue weighted by atomic mass is 10.2. The fraction of sp³-hybridized carbons (Fsp3) is 0.200. The van der Waals surface area contributed by atoms with Crippen LogP contribution in [0.1, 0.15) is 10.4 Å². The largest absolute Gasteiger partial charge is 0.465 e. The van der Waals surface area contributed by atoms with Crippen molar-refractivity contribution in [2.75, 3.05) is 19.0 Å². The molecule has 4 nitrogen and oxygen atoms in total. The zero-order valence-electron chi connectivity index (χ0n) is 8.32. The van der Waals surface area contributed by atoms with Crippen molar-refractivity contribution in [2.24, 2.45) is 5.73 Å². The van der Waals surface area contributed by atoms with Gasteiger partial charge in [0.15, 0.2) is 0 Å². The lowest BCUT2D eigenvalue weighted by Gasteiger charge is -2.05. The highest BCUT2D eigenvalue weighted by Crippen LogP contribution is 2.09. The maximum absolute atomic E-state index is 11.1. The lowest BCUT2D eigenvalue weighted by molar-refractivity contribution is 0.0601. The molecule has 0 atom stereocenters. The van der Waals surface area contributed by atoms with Crippen molar-refractivity contribution in [3.8, 4) is 0 Å². The van der Waals surface area contributed by atoms with Gasteiger partial charge in [-0.2, -0.15) is 0 Å². The number of hydrogen-bond acceptors (Lipinski definition) is 4. The van der Waals surface area contributed by atoms with Crippen molar-refractivity contribution in [3.05, 3.63) is 29.8 Å². The van der Waals surface area contributed by atoms with Gasteiger partial charge in [0.05, 0.1) is 24.2 Å². The van der Waals surface area contributed by atoms with E-state index in [0.717, 1.165) is 5.69 Å². The first-order chi connectivity index (χ1) is 7.13. The van der Waals surface area contributed by atoms with Crippen LogP contribution in [0.25, 0.3) is 0 Å². The summed E-state index contributed by atoms with van der Waals surface area (Å²) in [5.41, 5.74) is 6.70. The fourth-order valence-corrected chi connectivity index (χ4v) is 1.10. The molecule has 0 bridgehead atoms. The minimum atomic E-state index is -0.351. The first-order valence-electron chi connectivity index (χ1n) is 4.34. The first kappa shape index (κ1) is 11.5. The molecule has 0 spiro atoms. The van der Waals surface area contributed by atoms with Gasteiger partial charge in [-0.15, -0.1) is 0 Å². The summed E-state index contributed by atoms with van der Waals surface area (Å²) in [5, 5.41) is 3.01. The van der Waals surface area contributed by atoms with E-state index in [2.05, 4.69) is 10.1 Å². The molecule has 15 heavy (non-hydrogen) atoms. The molecular formula is C10H12N2O2S. The summed E-state index contributed by atoms with van der Waals surface area (Å²) in [5.74, 6) is -0.351. The summed E-state index contributed by atoms with van der Waals surface area (Å²) in [4.78, 5) is 11.5. The molecule has 0 fully saturated rings. The van der Waals surface area contributed by atoms with Gasteiger partial charge in [0, 0.05) is 5.69 Å². The summed E-state index contributed by atoms with van der Waals surface area (Å²) >= 11 is 4.72. The van der Waals surface area contributed by atoms with Crippen molar-refractivity contribution in [1.82, 2.24) is 0 Å². The van der Waals surface area contributed by atoms with Crippen molar-refractivity contribution >= 4 is 28.9 Å². The van der Waals surface area contributed by atoms with Crippen molar-refractivity contribution in [3.63, 3.8) is 0 Å². The zero-order chi connectivity index (χ0) is 11.3. The summed E-state index contributed by atoms with van der Waals surface area (Å²) in [7, 11) is 1.35. The Kier molecular flexibility index (Phi) is 4.05. The van der Waals surface area contributed by atoms with Crippen LogP contribution in [-0.2, 0) is 4.74 Å². The number of benzene rings is 1. The Labute approximate surface area is 93.4 Å². The summed E-state index contributed by atoms with van der Waals surface area (Å²) in [6, 6.07) is 6.89. The van der Waals surface area contributed by atoms with E-state index in [0.29, 0.717) is 17.1 Å². The topological polar surface area (TPSA) is 64.3 Å². The van der Waals surface area contributed by atoms with Crippen LogP contribution in [0.5, 0.6) is 0 Å². The first-order valence-corrected chi connectivity index (χ1v) is 4.75. The average molecular weight is 224 g/mol. The highest BCUT2D eigenvalue weighted by Gasteiger charge is 2.03. The molecule has 0 aliphatic rings. The third-order valence-corrected chi connectivity index (χ3v) is 1.92. The number of esters is 1. The monoisotopic (exact) mass is 224 g/mol. The van der Waals surface area contributed by atoms with Crippen LogP contribution in [0.15, 0.2) is 24.3 Å². The van der Waals surface area contributed by atoms with Crippen LogP contribution < -0.4 is 11.1 Å². The Hall–Kier alpha value is -1.62. The standard InChI is InChI=1S/C10H12N2O2S/c1-14-10(13)7-2-4-8(5-3-7)12-6-9(11)15/h2-5,12H,6H2,1H3,(H2,11,15). The fourth-order valence-electron chi connectivity index (χ4n) is 1.03. The maximum atomic E-state index is 11.1. The summed E-state index contributed by atoms with van der Waals surface area (Å²) < 4.78 is 4.57. The Morgan fingerprint density at radius 1 is 1.47 bits per heavy atom. The average Bonchev–Trinajstić information content (AvgIpc) is 2.26. The quantitative estimate of drug-likeness (QED) is 0.593. The Balaban J connectivity index is 2.64. The molecule has 3 N–H and O–H groups in total. The van der Waals surface area contributed by atoms with E-state index in [9.17, 15) is 4.79 Å². The van der Waals surface area contributed by atoms with E-state index in [1.807, 2.05) is 0 Å². The normalized spacial score (nSPS) is 9.40. The van der Waals surface area contributed by atoms with Crippen LogP contribution >= 0.6 is 12.2 Å². The second-order valence-electron chi connectivity index (χ2n) is 2.89. The van der Waals surface area contributed by atoms with E-state index in [-0.39, 0.29) is 5.97 Å².